The summed E-state index contributed by atoms with van der Waals surface area (Å²) in [4.78, 5) is 23.7. The minimum atomic E-state index is -0.379. The summed E-state index contributed by atoms with van der Waals surface area (Å²) < 4.78 is 0. The van der Waals surface area contributed by atoms with Crippen LogP contribution in [0.5, 0.6) is 0 Å². The van der Waals surface area contributed by atoms with Gasteiger partial charge in [0.25, 0.3) is 0 Å². The molecule has 120 valence electrons. The number of amides is 2. The normalized spacial score (nSPS) is 17.0. The van der Waals surface area contributed by atoms with Crippen LogP contribution in [0.3, 0.4) is 0 Å². The zero-order valence-corrected chi connectivity index (χ0v) is 13.7. The Bertz CT molecular complexity index is 546. The molecule has 1 aliphatic rings. The van der Waals surface area contributed by atoms with Gasteiger partial charge in [-0.3, -0.25) is 9.59 Å². The first-order valence-corrected chi connectivity index (χ1v) is 8.03. The number of hydrogen-bond donors (Lipinski definition) is 2. The number of rotatable bonds is 5. The number of benzene rings is 1. The molecular formula is C18H26N2O2. The minimum Gasteiger partial charge on any atom is -0.356 e. The monoisotopic (exact) mass is 302 g/mol. The van der Waals surface area contributed by atoms with Crippen LogP contribution in [0.25, 0.3) is 0 Å². The van der Waals surface area contributed by atoms with Crippen LogP contribution in [-0.4, -0.2) is 18.4 Å². The molecule has 0 heterocycles. The van der Waals surface area contributed by atoms with Gasteiger partial charge in [-0.05, 0) is 30.4 Å². The fourth-order valence-electron chi connectivity index (χ4n) is 2.69. The van der Waals surface area contributed by atoms with Gasteiger partial charge in [-0.15, -0.1) is 0 Å². The van der Waals surface area contributed by atoms with E-state index in [9.17, 15) is 9.59 Å². The summed E-state index contributed by atoms with van der Waals surface area (Å²) in [6, 6.07) is 8.43. The van der Waals surface area contributed by atoms with E-state index < -0.39 is 0 Å². The van der Waals surface area contributed by atoms with E-state index in [-0.39, 0.29) is 23.3 Å². The predicted octanol–water partition coefficient (Wildman–Crippen LogP) is 2.73. The number of nitrogens with one attached hydrogen (secondary N) is 2. The van der Waals surface area contributed by atoms with E-state index in [1.807, 2.05) is 32.9 Å². The van der Waals surface area contributed by atoms with Gasteiger partial charge in [0.2, 0.25) is 11.8 Å². The van der Waals surface area contributed by atoms with E-state index in [0.29, 0.717) is 19.4 Å². The molecule has 0 spiro atoms. The van der Waals surface area contributed by atoms with Gasteiger partial charge in [-0.25, -0.2) is 0 Å². The molecule has 1 unspecified atom stereocenters. The summed E-state index contributed by atoms with van der Waals surface area (Å²) >= 11 is 0. The SMILES string of the molecule is CC(C)(C)C(=O)NCCCC(=O)NC1CCc2ccccc21. The summed E-state index contributed by atoms with van der Waals surface area (Å²) in [5.74, 6) is 0.0874. The van der Waals surface area contributed by atoms with E-state index in [2.05, 4.69) is 22.8 Å². The van der Waals surface area contributed by atoms with Crippen LogP contribution in [-0.2, 0) is 16.0 Å². The molecule has 4 heteroatoms. The van der Waals surface area contributed by atoms with Crippen molar-refractivity contribution in [3.05, 3.63) is 35.4 Å². The maximum atomic E-state index is 12.0. The van der Waals surface area contributed by atoms with Gasteiger partial charge < -0.3 is 10.6 Å². The first-order valence-electron chi connectivity index (χ1n) is 8.03. The van der Waals surface area contributed by atoms with Gasteiger partial charge in [-0.2, -0.15) is 0 Å². The van der Waals surface area contributed by atoms with Crippen molar-refractivity contribution in [2.75, 3.05) is 6.54 Å². The number of carbonyl (C=O) groups is 2. The minimum absolute atomic E-state index is 0.0256. The topological polar surface area (TPSA) is 58.2 Å². The summed E-state index contributed by atoms with van der Waals surface area (Å²) in [7, 11) is 0. The molecule has 0 fully saturated rings. The molecule has 4 nitrogen and oxygen atoms in total. The Balaban J connectivity index is 1.70. The highest BCUT2D eigenvalue weighted by Crippen LogP contribution is 2.30. The Labute approximate surface area is 132 Å². The highest BCUT2D eigenvalue weighted by Gasteiger charge is 2.23. The maximum absolute atomic E-state index is 12.0. The largest absolute Gasteiger partial charge is 0.356 e. The molecule has 0 aromatic heterocycles. The number of carbonyl (C=O) groups excluding carboxylic acids is 2. The molecule has 0 radical (unpaired) electrons. The van der Waals surface area contributed by atoms with Gasteiger partial charge in [-0.1, -0.05) is 45.0 Å². The van der Waals surface area contributed by atoms with Crippen molar-refractivity contribution >= 4 is 11.8 Å². The highest BCUT2D eigenvalue weighted by molar-refractivity contribution is 5.81. The maximum Gasteiger partial charge on any atom is 0.225 e. The standard InChI is InChI=1S/C18H26N2O2/c1-18(2,3)17(22)19-12-6-9-16(21)20-15-11-10-13-7-4-5-8-14(13)15/h4-5,7-8,15H,6,9-12H2,1-3H3,(H,19,22)(H,20,21). The fraction of sp³-hybridized carbons (Fsp3) is 0.556. The molecule has 1 aromatic rings. The Hall–Kier alpha value is -1.84. The van der Waals surface area contributed by atoms with Crippen LogP contribution in [0.4, 0.5) is 0 Å². The highest BCUT2D eigenvalue weighted by atomic mass is 16.2. The van der Waals surface area contributed by atoms with Crippen molar-refractivity contribution in [2.45, 2.75) is 52.5 Å². The van der Waals surface area contributed by atoms with E-state index in [0.717, 1.165) is 12.8 Å². The third kappa shape index (κ3) is 4.33. The molecule has 1 aromatic carbocycles. The average Bonchev–Trinajstić information content (AvgIpc) is 2.86. The van der Waals surface area contributed by atoms with Gasteiger partial charge in [0.1, 0.15) is 0 Å². The lowest BCUT2D eigenvalue weighted by molar-refractivity contribution is -0.128. The summed E-state index contributed by atoms with van der Waals surface area (Å²) in [5.41, 5.74) is 2.21. The summed E-state index contributed by atoms with van der Waals surface area (Å²) in [6.45, 7) is 6.19. The molecule has 0 bridgehead atoms. The van der Waals surface area contributed by atoms with Crippen LogP contribution in [0.2, 0.25) is 0 Å². The quantitative estimate of drug-likeness (QED) is 0.822. The molecule has 2 rings (SSSR count). The second-order valence-corrected chi connectivity index (χ2v) is 6.97. The molecule has 0 saturated heterocycles. The third-order valence-corrected chi connectivity index (χ3v) is 4.02. The molecule has 22 heavy (non-hydrogen) atoms. The van der Waals surface area contributed by atoms with Crippen molar-refractivity contribution in [2.24, 2.45) is 5.41 Å². The van der Waals surface area contributed by atoms with E-state index in [1.165, 1.54) is 11.1 Å². The number of aryl methyl sites for hydroxylation is 1. The molecule has 1 aliphatic carbocycles. The van der Waals surface area contributed by atoms with Crippen LogP contribution >= 0.6 is 0 Å². The zero-order valence-electron chi connectivity index (χ0n) is 13.7. The molecular weight excluding hydrogens is 276 g/mol. The fourth-order valence-corrected chi connectivity index (χ4v) is 2.69. The first kappa shape index (κ1) is 16.5. The van der Waals surface area contributed by atoms with Crippen molar-refractivity contribution < 1.29 is 9.59 Å². The van der Waals surface area contributed by atoms with Crippen LogP contribution in [0.15, 0.2) is 24.3 Å². The summed E-state index contributed by atoms with van der Waals surface area (Å²) in [5, 5.41) is 5.97. The number of hydrogen-bond acceptors (Lipinski definition) is 2. The lowest BCUT2D eigenvalue weighted by Gasteiger charge is -2.18. The van der Waals surface area contributed by atoms with Gasteiger partial charge in [0.05, 0.1) is 6.04 Å². The Kier molecular flexibility index (Phi) is 5.22. The predicted molar refractivity (Wildman–Crippen MR) is 87.3 cm³/mol. The lowest BCUT2D eigenvalue weighted by atomic mass is 9.96. The Morgan fingerprint density at radius 2 is 1.95 bits per heavy atom. The third-order valence-electron chi connectivity index (χ3n) is 4.02. The van der Waals surface area contributed by atoms with Gasteiger partial charge in [0.15, 0.2) is 0 Å². The number of fused-ring (bicyclic) bond motifs is 1. The molecule has 2 N–H and O–H groups in total. The van der Waals surface area contributed by atoms with Crippen LogP contribution in [0.1, 0.15) is 57.2 Å². The second kappa shape index (κ2) is 6.95. The summed E-state index contributed by atoms with van der Waals surface area (Å²) in [6.07, 6.45) is 3.12. The van der Waals surface area contributed by atoms with E-state index >= 15 is 0 Å². The second-order valence-electron chi connectivity index (χ2n) is 6.97. The van der Waals surface area contributed by atoms with E-state index in [1.54, 1.807) is 0 Å². The van der Waals surface area contributed by atoms with Gasteiger partial charge in [0, 0.05) is 18.4 Å². The van der Waals surface area contributed by atoms with Crippen LogP contribution in [0, 0.1) is 5.41 Å². The molecule has 0 aliphatic heterocycles. The molecule has 0 saturated carbocycles. The zero-order chi connectivity index (χ0) is 16.2. The van der Waals surface area contributed by atoms with Crippen molar-refractivity contribution in [3.8, 4) is 0 Å². The first-order chi connectivity index (χ1) is 10.4. The molecule has 1 atom stereocenters. The van der Waals surface area contributed by atoms with Crippen molar-refractivity contribution in [1.29, 1.82) is 0 Å². The van der Waals surface area contributed by atoms with Crippen molar-refractivity contribution in [3.63, 3.8) is 0 Å². The smallest absolute Gasteiger partial charge is 0.225 e. The molecule has 2 amide bonds. The average molecular weight is 302 g/mol. The Morgan fingerprint density at radius 1 is 1.23 bits per heavy atom. The van der Waals surface area contributed by atoms with Crippen LogP contribution < -0.4 is 10.6 Å². The van der Waals surface area contributed by atoms with Crippen molar-refractivity contribution in [1.82, 2.24) is 10.6 Å². The van der Waals surface area contributed by atoms with E-state index in [4.69, 9.17) is 0 Å². The van der Waals surface area contributed by atoms with Gasteiger partial charge >= 0.3 is 0 Å². The Morgan fingerprint density at radius 3 is 2.68 bits per heavy atom. The lowest BCUT2D eigenvalue weighted by Crippen LogP contribution is -2.36.